The molecule has 2 fully saturated rings. The molecule has 1 saturated heterocycles. The molecule has 0 atom stereocenters. The fourth-order valence-electron chi connectivity index (χ4n) is 3.79. The summed E-state index contributed by atoms with van der Waals surface area (Å²) in [6, 6.07) is 7.80. The van der Waals surface area contributed by atoms with Crippen LogP contribution in [-0.4, -0.2) is 34.8 Å². The Morgan fingerprint density at radius 2 is 1.86 bits per heavy atom. The van der Waals surface area contributed by atoms with Gasteiger partial charge < -0.3 is 10.2 Å². The summed E-state index contributed by atoms with van der Waals surface area (Å²) in [5.41, 5.74) is 2.88. The zero-order valence-electron chi connectivity index (χ0n) is 16.3. The highest BCUT2D eigenvalue weighted by Crippen LogP contribution is 2.31. The third-order valence-corrected chi connectivity index (χ3v) is 6.98. The van der Waals surface area contributed by atoms with Gasteiger partial charge in [-0.25, -0.2) is 4.98 Å². The molecule has 1 aromatic heterocycles. The van der Waals surface area contributed by atoms with Crippen molar-refractivity contribution in [3.63, 3.8) is 0 Å². The Bertz CT molecular complexity index is 834. The Kier molecular flexibility index (Phi) is 5.76. The van der Waals surface area contributed by atoms with Crippen LogP contribution in [0, 0.1) is 12.8 Å². The number of carbonyl (C=O) groups is 2. The van der Waals surface area contributed by atoms with Gasteiger partial charge in [0.15, 0.2) is 0 Å². The van der Waals surface area contributed by atoms with E-state index in [9.17, 15) is 9.59 Å². The van der Waals surface area contributed by atoms with Crippen molar-refractivity contribution in [2.24, 2.45) is 5.92 Å². The molecule has 4 rings (SSSR count). The van der Waals surface area contributed by atoms with Crippen LogP contribution in [0.1, 0.15) is 64.6 Å². The third kappa shape index (κ3) is 4.27. The summed E-state index contributed by atoms with van der Waals surface area (Å²) in [5.74, 6) is 0.914. The summed E-state index contributed by atoms with van der Waals surface area (Å²) < 4.78 is 0. The lowest BCUT2D eigenvalue weighted by molar-refractivity contribution is -0.127. The number of likely N-dealkylation sites (tertiary alicyclic amines) is 1. The zero-order valence-corrected chi connectivity index (χ0v) is 17.1. The van der Waals surface area contributed by atoms with Crippen LogP contribution in [0.25, 0.3) is 0 Å². The predicted octanol–water partition coefficient (Wildman–Crippen LogP) is 3.89. The van der Waals surface area contributed by atoms with E-state index >= 15 is 0 Å². The van der Waals surface area contributed by atoms with Gasteiger partial charge in [0, 0.05) is 35.9 Å². The molecule has 0 unspecified atom stereocenters. The number of nitrogens with one attached hydrogen (secondary N) is 1. The predicted molar refractivity (Wildman–Crippen MR) is 110 cm³/mol. The molecule has 1 aromatic carbocycles. The molecule has 1 aliphatic heterocycles. The summed E-state index contributed by atoms with van der Waals surface area (Å²) in [6.45, 7) is 4.09. The molecule has 0 radical (unpaired) electrons. The van der Waals surface area contributed by atoms with Crippen molar-refractivity contribution in [1.82, 2.24) is 15.2 Å². The van der Waals surface area contributed by atoms with E-state index in [-0.39, 0.29) is 17.7 Å². The second-order valence-electron chi connectivity index (χ2n) is 7.96. The van der Waals surface area contributed by atoms with Crippen LogP contribution in [0.5, 0.6) is 0 Å². The largest absolute Gasteiger partial charge is 0.350 e. The number of nitrogens with zero attached hydrogens (tertiary/aromatic N) is 2. The maximum Gasteiger partial charge on any atom is 0.253 e. The second kappa shape index (κ2) is 8.43. The first-order valence-electron chi connectivity index (χ1n) is 10.2. The number of aryl methyl sites for hydroxylation is 1. The van der Waals surface area contributed by atoms with Gasteiger partial charge >= 0.3 is 0 Å². The highest BCUT2D eigenvalue weighted by atomic mass is 32.1. The highest BCUT2D eigenvalue weighted by Gasteiger charge is 2.27. The number of hydrogen-bond acceptors (Lipinski definition) is 4. The lowest BCUT2D eigenvalue weighted by Crippen LogP contribution is -2.37. The number of piperidine rings is 1. The zero-order chi connectivity index (χ0) is 19.5. The summed E-state index contributed by atoms with van der Waals surface area (Å²) in [6.07, 6.45) is 5.10. The van der Waals surface area contributed by atoms with Gasteiger partial charge in [-0.1, -0.05) is 24.1 Å². The minimum absolute atomic E-state index is 0.122. The normalized spacial score (nSPS) is 18.0. The van der Waals surface area contributed by atoms with E-state index in [0.717, 1.165) is 55.0 Å². The van der Waals surface area contributed by atoms with Crippen molar-refractivity contribution < 1.29 is 9.59 Å². The number of benzene rings is 1. The van der Waals surface area contributed by atoms with E-state index in [1.54, 1.807) is 11.3 Å². The summed E-state index contributed by atoms with van der Waals surface area (Å²) >= 11 is 1.68. The highest BCUT2D eigenvalue weighted by molar-refractivity contribution is 7.09. The van der Waals surface area contributed by atoms with Crippen molar-refractivity contribution in [2.75, 3.05) is 13.1 Å². The second-order valence-corrected chi connectivity index (χ2v) is 8.84. The molecule has 1 aliphatic carbocycles. The average Bonchev–Trinajstić information content (AvgIpc) is 3.14. The van der Waals surface area contributed by atoms with Crippen LogP contribution in [0.4, 0.5) is 0 Å². The number of aromatic nitrogens is 1. The van der Waals surface area contributed by atoms with Gasteiger partial charge in [0.05, 0.1) is 17.2 Å². The molecule has 0 bridgehead atoms. The van der Waals surface area contributed by atoms with Crippen LogP contribution >= 0.6 is 11.3 Å². The number of thiazole rings is 1. The Labute approximate surface area is 170 Å². The fraction of sp³-hybridized carbons (Fsp3) is 0.500. The molecule has 5 nitrogen and oxygen atoms in total. The SMILES string of the molecule is Cc1ccc(C(=O)N2CCC(c3nc(CNC(=O)C4CCC4)cs3)CC2)cc1. The molecule has 148 valence electrons. The monoisotopic (exact) mass is 397 g/mol. The summed E-state index contributed by atoms with van der Waals surface area (Å²) in [5, 5.41) is 6.20. The van der Waals surface area contributed by atoms with E-state index in [2.05, 4.69) is 10.7 Å². The molecule has 0 spiro atoms. The molecular formula is C22H27N3O2S. The van der Waals surface area contributed by atoms with Crippen LogP contribution in [-0.2, 0) is 11.3 Å². The van der Waals surface area contributed by atoms with E-state index in [0.29, 0.717) is 12.5 Å². The summed E-state index contributed by atoms with van der Waals surface area (Å²) in [7, 11) is 0. The van der Waals surface area contributed by atoms with Gasteiger partial charge in [0.1, 0.15) is 0 Å². The number of carbonyl (C=O) groups excluding carboxylic acids is 2. The van der Waals surface area contributed by atoms with Crippen molar-refractivity contribution in [1.29, 1.82) is 0 Å². The molecule has 1 saturated carbocycles. The molecule has 2 amide bonds. The molecule has 2 aliphatic rings. The number of rotatable bonds is 5. The topological polar surface area (TPSA) is 62.3 Å². The number of amides is 2. The Morgan fingerprint density at radius 1 is 1.14 bits per heavy atom. The standard InChI is InChI=1S/C22H27N3O2S/c1-15-5-7-18(8-6-15)22(27)25-11-9-17(10-12-25)21-24-19(14-28-21)13-23-20(26)16-3-2-4-16/h5-8,14,16-17H,2-4,9-13H2,1H3,(H,23,26). The first-order valence-corrected chi connectivity index (χ1v) is 11.1. The summed E-state index contributed by atoms with van der Waals surface area (Å²) in [4.78, 5) is 31.3. The van der Waals surface area contributed by atoms with Crippen molar-refractivity contribution >= 4 is 23.2 Å². The van der Waals surface area contributed by atoms with Crippen LogP contribution in [0.3, 0.4) is 0 Å². The van der Waals surface area contributed by atoms with Gasteiger partial charge in [0.2, 0.25) is 5.91 Å². The van der Waals surface area contributed by atoms with Crippen LogP contribution in [0.2, 0.25) is 0 Å². The van der Waals surface area contributed by atoms with Gasteiger partial charge in [0.25, 0.3) is 5.91 Å². The van der Waals surface area contributed by atoms with Crippen LogP contribution in [0.15, 0.2) is 29.6 Å². The average molecular weight is 398 g/mol. The number of hydrogen-bond donors (Lipinski definition) is 1. The van der Waals surface area contributed by atoms with Gasteiger partial charge in [-0.3, -0.25) is 9.59 Å². The van der Waals surface area contributed by atoms with Crippen LogP contribution < -0.4 is 5.32 Å². The van der Waals surface area contributed by atoms with Crippen molar-refractivity contribution in [3.8, 4) is 0 Å². The van der Waals surface area contributed by atoms with E-state index in [1.165, 1.54) is 12.0 Å². The minimum Gasteiger partial charge on any atom is -0.350 e. The molecule has 6 heteroatoms. The molecule has 28 heavy (non-hydrogen) atoms. The lowest BCUT2D eigenvalue weighted by Gasteiger charge is -2.31. The van der Waals surface area contributed by atoms with Crippen molar-refractivity contribution in [2.45, 2.75) is 51.5 Å². The Balaban J connectivity index is 1.28. The maximum atomic E-state index is 12.7. The molecular weight excluding hydrogens is 370 g/mol. The minimum atomic E-state index is 0.122. The van der Waals surface area contributed by atoms with E-state index in [1.807, 2.05) is 36.1 Å². The quantitative estimate of drug-likeness (QED) is 0.833. The smallest absolute Gasteiger partial charge is 0.253 e. The fourth-order valence-corrected chi connectivity index (χ4v) is 4.78. The third-order valence-electron chi connectivity index (χ3n) is 5.92. The molecule has 2 aromatic rings. The Hall–Kier alpha value is -2.21. The maximum absolute atomic E-state index is 12.7. The Morgan fingerprint density at radius 3 is 2.50 bits per heavy atom. The molecule has 2 heterocycles. The van der Waals surface area contributed by atoms with Gasteiger partial charge in [-0.2, -0.15) is 0 Å². The van der Waals surface area contributed by atoms with Crippen molar-refractivity contribution in [3.05, 3.63) is 51.5 Å². The first-order chi connectivity index (χ1) is 13.6. The molecule has 1 N–H and O–H groups in total. The lowest BCUT2D eigenvalue weighted by atomic mass is 9.85. The first kappa shape index (κ1) is 19.1. The van der Waals surface area contributed by atoms with Gasteiger partial charge in [-0.15, -0.1) is 11.3 Å². The van der Waals surface area contributed by atoms with E-state index in [4.69, 9.17) is 4.98 Å². The van der Waals surface area contributed by atoms with E-state index < -0.39 is 0 Å². The van der Waals surface area contributed by atoms with Gasteiger partial charge in [-0.05, 0) is 44.7 Å².